The molecule has 15 heavy (non-hydrogen) atoms. The van der Waals surface area contributed by atoms with E-state index in [0.29, 0.717) is 10.7 Å². The van der Waals surface area contributed by atoms with Crippen LogP contribution in [0.25, 0.3) is 0 Å². The highest BCUT2D eigenvalue weighted by Gasteiger charge is 2.36. The van der Waals surface area contributed by atoms with E-state index in [1.165, 1.54) is 0 Å². The largest absolute Gasteiger partial charge is 0.329 e. The molecule has 3 amide bonds. The SMILES string of the molecule is CC1NC(=O)N(c2ccccc2Cl)C1=O. The minimum Gasteiger partial charge on any atom is -0.326 e. The second-order valence-electron chi connectivity index (χ2n) is 3.30. The van der Waals surface area contributed by atoms with Crippen molar-refractivity contribution in [1.29, 1.82) is 0 Å². The number of benzene rings is 1. The second kappa shape index (κ2) is 3.55. The standard InChI is InChI=1S/C10H9ClN2O2/c1-6-9(14)13(10(15)12-6)8-5-3-2-4-7(8)11/h2-6H,1H3,(H,12,15). The summed E-state index contributed by atoms with van der Waals surface area (Å²) in [6.07, 6.45) is 0. The molecule has 1 saturated heterocycles. The van der Waals surface area contributed by atoms with Gasteiger partial charge >= 0.3 is 6.03 Å². The van der Waals surface area contributed by atoms with Crippen LogP contribution in [0.1, 0.15) is 6.92 Å². The summed E-state index contributed by atoms with van der Waals surface area (Å²) < 4.78 is 0. The molecule has 0 spiro atoms. The Bertz CT molecular complexity index is 433. The van der Waals surface area contributed by atoms with Crippen molar-refractivity contribution >= 4 is 29.2 Å². The highest BCUT2D eigenvalue weighted by Crippen LogP contribution is 2.27. The van der Waals surface area contributed by atoms with Gasteiger partial charge in [-0.2, -0.15) is 0 Å². The number of imide groups is 1. The third-order valence-electron chi connectivity index (χ3n) is 2.23. The normalized spacial score (nSPS) is 20.7. The number of hydrogen-bond acceptors (Lipinski definition) is 2. The number of anilines is 1. The maximum absolute atomic E-state index is 11.7. The first kappa shape index (κ1) is 9.98. The van der Waals surface area contributed by atoms with E-state index in [0.717, 1.165) is 4.90 Å². The van der Waals surface area contributed by atoms with E-state index in [4.69, 9.17) is 11.6 Å². The van der Waals surface area contributed by atoms with Crippen LogP contribution in [0.3, 0.4) is 0 Å². The lowest BCUT2D eigenvalue weighted by atomic mass is 10.2. The molecule has 0 bridgehead atoms. The lowest BCUT2D eigenvalue weighted by Gasteiger charge is -2.13. The molecule has 1 fully saturated rings. The fraction of sp³-hybridized carbons (Fsp3) is 0.200. The summed E-state index contributed by atoms with van der Waals surface area (Å²) in [4.78, 5) is 24.2. The average Bonchev–Trinajstić information content (AvgIpc) is 2.43. The Morgan fingerprint density at radius 3 is 2.53 bits per heavy atom. The van der Waals surface area contributed by atoms with Crippen LogP contribution in [0.15, 0.2) is 24.3 Å². The van der Waals surface area contributed by atoms with Crippen molar-refractivity contribution in [2.75, 3.05) is 4.90 Å². The van der Waals surface area contributed by atoms with Gasteiger partial charge in [0.1, 0.15) is 6.04 Å². The Morgan fingerprint density at radius 1 is 1.33 bits per heavy atom. The van der Waals surface area contributed by atoms with Crippen molar-refractivity contribution < 1.29 is 9.59 Å². The van der Waals surface area contributed by atoms with Gasteiger partial charge in [-0.1, -0.05) is 23.7 Å². The Hall–Kier alpha value is -1.55. The zero-order valence-electron chi connectivity index (χ0n) is 8.03. The van der Waals surface area contributed by atoms with Crippen LogP contribution >= 0.6 is 11.6 Å². The quantitative estimate of drug-likeness (QED) is 0.740. The van der Waals surface area contributed by atoms with Crippen molar-refractivity contribution in [3.63, 3.8) is 0 Å². The smallest absolute Gasteiger partial charge is 0.326 e. The third kappa shape index (κ3) is 1.57. The van der Waals surface area contributed by atoms with Crippen molar-refractivity contribution in [2.24, 2.45) is 0 Å². The number of nitrogens with one attached hydrogen (secondary N) is 1. The van der Waals surface area contributed by atoms with Crippen LogP contribution in [-0.4, -0.2) is 18.0 Å². The number of para-hydroxylation sites is 1. The molecule has 1 heterocycles. The van der Waals surface area contributed by atoms with E-state index in [9.17, 15) is 9.59 Å². The number of rotatable bonds is 1. The maximum atomic E-state index is 11.7. The summed E-state index contributed by atoms with van der Waals surface area (Å²) in [5, 5.41) is 2.91. The van der Waals surface area contributed by atoms with Crippen molar-refractivity contribution in [3.05, 3.63) is 29.3 Å². The molecule has 2 rings (SSSR count). The third-order valence-corrected chi connectivity index (χ3v) is 2.55. The molecule has 1 atom stereocenters. The summed E-state index contributed by atoms with van der Waals surface area (Å²) in [6.45, 7) is 1.64. The Balaban J connectivity index is 2.44. The van der Waals surface area contributed by atoms with Gasteiger partial charge in [0.25, 0.3) is 5.91 Å². The Kier molecular flexibility index (Phi) is 2.36. The van der Waals surface area contributed by atoms with Gasteiger partial charge in [0.05, 0.1) is 10.7 Å². The van der Waals surface area contributed by atoms with Gasteiger partial charge in [-0.05, 0) is 19.1 Å². The average molecular weight is 225 g/mol. The number of nitrogens with zero attached hydrogens (tertiary/aromatic N) is 1. The monoisotopic (exact) mass is 224 g/mol. The van der Waals surface area contributed by atoms with Gasteiger partial charge in [-0.15, -0.1) is 0 Å². The molecule has 1 aliphatic heterocycles. The van der Waals surface area contributed by atoms with Crippen LogP contribution < -0.4 is 10.2 Å². The number of amides is 3. The van der Waals surface area contributed by atoms with E-state index in [2.05, 4.69) is 5.32 Å². The fourth-order valence-corrected chi connectivity index (χ4v) is 1.69. The van der Waals surface area contributed by atoms with Gasteiger partial charge in [-0.25, -0.2) is 9.69 Å². The number of urea groups is 1. The number of carbonyl (C=O) groups excluding carboxylic acids is 2. The van der Waals surface area contributed by atoms with Crippen LogP contribution in [-0.2, 0) is 4.79 Å². The highest BCUT2D eigenvalue weighted by atomic mass is 35.5. The summed E-state index contributed by atoms with van der Waals surface area (Å²) in [7, 11) is 0. The van der Waals surface area contributed by atoms with E-state index in [1.54, 1.807) is 31.2 Å². The molecule has 1 aliphatic rings. The molecule has 0 aromatic heterocycles. The molecular weight excluding hydrogens is 216 g/mol. The van der Waals surface area contributed by atoms with E-state index < -0.39 is 12.1 Å². The molecule has 0 aliphatic carbocycles. The van der Waals surface area contributed by atoms with Gasteiger partial charge in [0.15, 0.2) is 0 Å². The summed E-state index contributed by atoms with van der Waals surface area (Å²) in [6, 6.07) is 5.82. The van der Waals surface area contributed by atoms with Crippen molar-refractivity contribution in [3.8, 4) is 0 Å². The molecule has 1 aromatic rings. The predicted octanol–water partition coefficient (Wildman–Crippen LogP) is 1.78. The number of hydrogen-bond donors (Lipinski definition) is 1. The summed E-state index contributed by atoms with van der Waals surface area (Å²) in [5.41, 5.74) is 0.422. The highest BCUT2D eigenvalue weighted by molar-refractivity contribution is 6.35. The zero-order valence-corrected chi connectivity index (χ0v) is 8.78. The second-order valence-corrected chi connectivity index (χ2v) is 3.70. The number of halogens is 1. The van der Waals surface area contributed by atoms with Crippen LogP contribution in [0.4, 0.5) is 10.5 Å². The molecule has 4 nitrogen and oxygen atoms in total. The molecule has 5 heteroatoms. The van der Waals surface area contributed by atoms with Crippen molar-refractivity contribution in [2.45, 2.75) is 13.0 Å². The van der Waals surface area contributed by atoms with Crippen LogP contribution in [0.5, 0.6) is 0 Å². The molecule has 78 valence electrons. The molecular formula is C10H9ClN2O2. The van der Waals surface area contributed by atoms with Gasteiger partial charge in [0.2, 0.25) is 0 Å². The molecule has 0 radical (unpaired) electrons. The predicted molar refractivity (Wildman–Crippen MR) is 56.9 cm³/mol. The molecule has 1 aromatic carbocycles. The van der Waals surface area contributed by atoms with Gasteiger partial charge < -0.3 is 5.32 Å². The van der Waals surface area contributed by atoms with Gasteiger partial charge in [0, 0.05) is 0 Å². The van der Waals surface area contributed by atoms with Crippen molar-refractivity contribution in [1.82, 2.24) is 5.32 Å². The first-order valence-corrected chi connectivity index (χ1v) is 4.88. The van der Waals surface area contributed by atoms with Crippen LogP contribution in [0.2, 0.25) is 5.02 Å². The first-order chi connectivity index (χ1) is 7.11. The Labute approximate surface area is 91.8 Å². The lowest BCUT2D eigenvalue weighted by molar-refractivity contribution is -0.117. The molecule has 0 saturated carbocycles. The summed E-state index contributed by atoms with van der Waals surface area (Å²) >= 11 is 5.91. The minimum atomic E-state index is -0.492. The van der Waals surface area contributed by atoms with E-state index in [-0.39, 0.29) is 5.91 Å². The van der Waals surface area contributed by atoms with E-state index in [1.807, 2.05) is 0 Å². The van der Waals surface area contributed by atoms with E-state index >= 15 is 0 Å². The minimum absolute atomic E-state index is 0.284. The Morgan fingerprint density at radius 2 is 2.00 bits per heavy atom. The first-order valence-electron chi connectivity index (χ1n) is 4.50. The summed E-state index contributed by atoms with van der Waals surface area (Å²) in [5.74, 6) is -0.284. The maximum Gasteiger partial charge on any atom is 0.329 e. The molecule has 1 unspecified atom stereocenters. The van der Waals surface area contributed by atoms with Crippen LogP contribution in [0, 0.1) is 0 Å². The molecule has 1 N–H and O–H groups in total. The van der Waals surface area contributed by atoms with Gasteiger partial charge in [-0.3, -0.25) is 4.79 Å². The topological polar surface area (TPSA) is 49.4 Å². The zero-order chi connectivity index (χ0) is 11.0. The fourth-order valence-electron chi connectivity index (χ4n) is 1.47. The number of carbonyl (C=O) groups is 2. The lowest BCUT2D eigenvalue weighted by Crippen LogP contribution is -2.31.